The molecule has 6 heteroatoms. The van der Waals surface area contributed by atoms with Gasteiger partial charge in [0.05, 0.1) is 0 Å². The number of guanidine groups is 1. The Bertz CT molecular complexity index is 553. The van der Waals surface area contributed by atoms with Crippen molar-refractivity contribution in [1.82, 2.24) is 16.0 Å². The second-order valence-electron chi connectivity index (χ2n) is 6.84. The van der Waals surface area contributed by atoms with Crippen molar-refractivity contribution < 1.29 is 4.79 Å². The lowest BCUT2D eigenvalue weighted by Gasteiger charge is -2.41. The van der Waals surface area contributed by atoms with Crippen molar-refractivity contribution in [2.45, 2.75) is 46.0 Å². The van der Waals surface area contributed by atoms with Crippen LogP contribution in [-0.2, 0) is 11.2 Å². The fraction of sp³-hybridized carbons (Fsp3) is 0.600. The van der Waals surface area contributed by atoms with E-state index in [2.05, 4.69) is 40.0 Å². The monoisotopic (exact) mass is 472 g/mol. The van der Waals surface area contributed by atoms with Gasteiger partial charge in [0.15, 0.2) is 5.96 Å². The highest BCUT2D eigenvalue weighted by atomic mass is 127. The molecule has 1 aliphatic carbocycles. The van der Waals surface area contributed by atoms with E-state index in [0.29, 0.717) is 12.0 Å². The quantitative estimate of drug-likeness (QED) is 0.294. The Morgan fingerprint density at radius 2 is 1.85 bits per heavy atom. The molecular weight excluding hydrogens is 439 g/mol. The van der Waals surface area contributed by atoms with E-state index in [9.17, 15) is 4.79 Å². The highest BCUT2D eigenvalue weighted by Crippen LogP contribution is 2.42. The molecule has 0 saturated heterocycles. The molecule has 2 rings (SSSR count). The number of amides is 1. The zero-order valence-corrected chi connectivity index (χ0v) is 18.3. The summed E-state index contributed by atoms with van der Waals surface area (Å²) >= 11 is 0. The Kier molecular flexibility index (Phi) is 10.6. The molecule has 1 saturated carbocycles. The second-order valence-corrected chi connectivity index (χ2v) is 6.84. The van der Waals surface area contributed by atoms with E-state index in [-0.39, 0.29) is 36.4 Å². The van der Waals surface area contributed by atoms with Gasteiger partial charge in [-0.1, -0.05) is 43.7 Å². The molecule has 0 bridgehead atoms. The number of aliphatic imine (C=N–C) groups is 1. The molecule has 0 heterocycles. The van der Waals surface area contributed by atoms with Gasteiger partial charge in [-0.15, -0.1) is 24.0 Å². The van der Waals surface area contributed by atoms with Gasteiger partial charge in [0.2, 0.25) is 5.91 Å². The largest absolute Gasteiger partial charge is 0.357 e. The summed E-state index contributed by atoms with van der Waals surface area (Å²) in [5.74, 6) is 0.697. The van der Waals surface area contributed by atoms with Crippen LogP contribution in [0.2, 0.25) is 0 Å². The van der Waals surface area contributed by atoms with Crippen molar-refractivity contribution in [3.05, 3.63) is 35.9 Å². The molecule has 5 nitrogen and oxygen atoms in total. The summed E-state index contributed by atoms with van der Waals surface area (Å²) in [6, 6.07) is 10.2. The summed E-state index contributed by atoms with van der Waals surface area (Å²) in [4.78, 5) is 16.4. The van der Waals surface area contributed by atoms with Crippen LogP contribution in [0.25, 0.3) is 0 Å². The molecule has 0 aliphatic heterocycles. The van der Waals surface area contributed by atoms with Crippen LogP contribution in [-0.4, -0.2) is 38.0 Å². The van der Waals surface area contributed by atoms with Crippen molar-refractivity contribution >= 4 is 35.8 Å². The highest BCUT2D eigenvalue weighted by molar-refractivity contribution is 14.0. The number of halogens is 1. The smallest absolute Gasteiger partial charge is 0.241 e. The fourth-order valence-corrected chi connectivity index (χ4v) is 3.14. The van der Waals surface area contributed by atoms with E-state index in [0.717, 1.165) is 25.5 Å². The maximum absolute atomic E-state index is 12.0. The standard InChI is InChI=1S/C20H32N4O.HI/c1-3-20(12-8-13-20)16-24-19(21-4-2)23-15-18(25)22-14-11-17-9-6-5-7-10-17;/h5-7,9-10H,3-4,8,11-16H2,1-2H3,(H,22,25)(H2,21,23,24);1H. The van der Waals surface area contributed by atoms with Gasteiger partial charge in [-0.2, -0.15) is 0 Å². The SMILES string of the molecule is CCNC(=NCC(=O)NCCc1ccccc1)NCC1(CC)CCC1.I. The molecule has 26 heavy (non-hydrogen) atoms. The van der Waals surface area contributed by atoms with Crippen LogP contribution in [0.4, 0.5) is 0 Å². The number of hydrogen-bond acceptors (Lipinski definition) is 2. The zero-order valence-electron chi connectivity index (χ0n) is 16.0. The van der Waals surface area contributed by atoms with Gasteiger partial charge in [-0.3, -0.25) is 4.79 Å². The zero-order chi connectivity index (χ0) is 18.0. The molecule has 3 N–H and O–H groups in total. The Morgan fingerprint density at radius 3 is 2.42 bits per heavy atom. The molecule has 1 aromatic rings. The number of benzene rings is 1. The van der Waals surface area contributed by atoms with E-state index in [1.165, 1.54) is 31.2 Å². The van der Waals surface area contributed by atoms with Crippen molar-refractivity contribution in [1.29, 1.82) is 0 Å². The first-order valence-corrected chi connectivity index (χ1v) is 9.50. The molecule has 1 fully saturated rings. The molecule has 0 aromatic heterocycles. The first-order chi connectivity index (χ1) is 12.2. The molecular formula is C20H33IN4O. The number of nitrogens with one attached hydrogen (secondary N) is 3. The molecule has 1 aromatic carbocycles. The third-order valence-electron chi connectivity index (χ3n) is 5.10. The van der Waals surface area contributed by atoms with Crippen molar-refractivity contribution in [3.63, 3.8) is 0 Å². The molecule has 0 atom stereocenters. The van der Waals surface area contributed by atoms with Crippen LogP contribution < -0.4 is 16.0 Å². The average molecular weight is 472 g/mol. The van der Waals surface area contributed by atoms with Crippen molar-refractivity contribution in [2.24, 2.45) is 10.4 Å². The van der Waals surface area contributed by atoms with Gasteiger partial charge in [0.25, 0.3) is 0 Å². The number of nitrogens with zero attached hydrogens (tertiary/aromatic N) is 1. The average Bonchev–Trinajstić information content (AvgIpc) is 2.60. The Hall–Kier alpha value is -1.31. The van der Waals surface area contributed by atoms with Gasteiger partial charge >= 0.3 is 0 Å². The second kappa shape index (κ2) is 12.1. The summed E-state index contributed by atoms with van der Waals surface area (Å²) < 4.78 is 0. The normalized spacial score (nSPS) is 15.4. The predicted molar refractivity (Wildman–Crippen MR) is 119 cm³/mol. The van der Waals surface area contributed by atoms with E-state index in [1.54, 1.807) is 0 Å². The van der Waals surface area contributed by atoms with Gasteiger partial charge in [-0.05, 0) is 43.6 Å². The minimum atomic E-state index is -0.0398. The Labute approximate surface area is 174 Å². The maximum Gasteiger partial charge on any atom is 0.241 e. The summed E-state index contributed by atoms with van der Waals surface area (Å²) in [6.45, 7) is 6.82. The van der Waals surface area contributed by atoms with E-state index >= 15 is 0 Å². The summed E-state index contributed by atoms with van der Waals surface area (Å²) in [6.07, 6.45) is 5.94. The number of carbonyl (C=O) groups is 1. The summed E-state index contributed by atoms with van der Waals surface area (Å²) in [5.41, 5.74) is 1.65. The molecule has 1 aliphatic rings. The lowest BCUT2D eigenvalue weighted by atomic mass is 9.67. The van der Waals surface area contributed by atoms with Crippen molar-refractivity contribution in [2.75, 3.05) is 26.2 Å². The minimum Gasteiger partial charge on any atom is -0.357 e. The first-order valence-electron chi connectivity index (χ1n) is 9.50. The molecule has 0 spiro atoms. The Balaban J connectivity index is 0.00000338. The lowest BCUT2D eigenvalue weighted by Crippen LogP contribution is -2.46. The van der Waals surface area contributed by atoms with E-state index in [4.69, 9.17) is 0 Å². The number of rotatable bonds is 9. The lowest BCUT2D eigenvalue weighted by molar-refractivity contribution is -0.119. The minimum absolute atomic E-state index is 0. The van der Waals surface area contributed by atoms with Gasteiger partial charge < -0.3 is 16.0 Å². The third-order valence-corrected chi connectivity index (χ3v) is 5.10. The summed E-state index contributed by atoms with van der Waals surface area (Å²) in [7, 11) is 0. The van der Waals surface area contributed by atoms with Crippen LogP contribution in [0, 0.1) is 5.41 Å². The maximum atomic E-state index is 12.0. The van der Waals surface area contributed by atoms with Gasteiger partial charge in [0, 0.05) is 19.6 Å². The summed E-state index contributed by atoms with van der Waals surface area (Å²) in [5, 5.41) is 9.57. The van der Waals surface area contributed by atoms with Crippen LogP contribution in [0.3, 0.4) is 0 Å². The van der Waals surface area contributed by atoms with Gasteiger partial charge in [-0.25, -0.2) is 4.99 Å². The molecule has 0 unspecified atom stereocenters. The van der Waals surface area contributed by atoms with E-state index < -0.39 is 0 Å². The first kappa shape index (κ1) is 22.7. The number of hydrogen-bond donors (Lipinski definition) is 3. The van der Waals surface area contributed by atoms with Crippen LogP contribution in [0.15, 0.2) is 35.3 Å². The Morgan fingerprint density at radius 1 is 1.12 bits per heavy atom. The van der Waals surface area contributed by atoms with Crippen LogP contribution in [0.1, 0.15) is 45.1 Å². The van der Waals surface area contributed by atoms with Crippen LogP contribution in [0.5, 0.6) is 0 Å². The molecule has 1 amide bonds. The van der Waals surface area contributed by atoms with Crippen LogP contribution >= 0.6 is 24.0 Å². The van der Waals surface area contributed by atoms with E-state index in [1.807, 2.05) is 25.1 Å². The topological polar surface area (TPSA) is 65.5 Å². The third kappa shape index (κ3) is 7.51. The van der Waals surface area contributed by atoms with Crippen molar-refractivity contribution in [3.8, 4) is 0 Å². The predicted octanol–water partition coefficient (Wildman–Crippen LogP) is 3.10. The highest BCUT2D eigenvalue weighted by Gasteiger charge is 2.34. The molecule has 146 valence electrons. The fourth-order valence-electron chi connectivity index (χ4n) is 3.14. The van der Waals surface area contributed by atoms with Gasteiger partial charge in [0.1, 0.15) is 6.54 Å². The number of carbonyl (C=O) groups excluding carboxylic acids is 1. The molecule has 0 radical (unpaired) electrons.